The van der Waals surface area contributed by atoms with Crippen molar-refractivity contribution in [1.82, 2.24) is 19.6 Å². The van der Waals surface area contributed by atoms with Crippen molar-refractivity contribution < 1.29 is 9.53 Å². The van der Waals surface area contributed by atoms with Crippen LogP contribution >= 0.6 is 0 Å². The van der Waals surface area contributed by atoms with Crippen molar-refractivity contribution in [2.45, 2.75) is 13.3 Å². The SMILES string of the molecule is CC(=O)N(CCc1cncc(-c2ccc(Oc3ccccc3)cc2)c1N)n1ccc2cncnc21. The fourth-order valence-electron chi connectivity index (χ4n) is 3.97. The number of amides is 1. The number of hydrogen-bond donors (Lipinski definition) is 1. The number of nitrogens with zero attached hydrogens (tertiary/aromatic N) is 5. The van der Waals surface area contributed by atoms with Gasteiger partial charge in [-0.3, -0.25) is 9.78 Å². The molecule has 8 heteroatoms. The van der Waals surface area contributed by atoms with Gasteiger partial charge in [0.2, 0.25) is 5.91 Å². The number of fused-ring (bicyclic) bond motifs is 1. The first-order valence-corrected chi connectivity index (χ1v) is 11.2. The lowest BCUT2D eigenvalue weighted by Gasteiger charge is -2.23. The molecule has 0 aliphatic heterocycles. The molecule has 5 rings (SSSR count). The number of benzene rings is 2. The van der Waals surface area contributed by atoms with Gasteiger partial charge < -0.3 is 10.5 Å². The molecule has 0 saturated heterocycles. The fraction of sp³-hybridized carbons (Fsp3) is 0.111. The molecule has 5 aromatic rings. The Morgan fingerprint density at radius 3 is 2.51 bits per heavy atom. The molecule has 0 aliphatic rings. The van der Waals surface area contributed by atoms with E-state index in [0.717, 1.165) is 33.6 Å². The number of rotatable bonds is 7. The van der Waals surface area contributed by atoms with Gasteiger partial charge in [-0.15, -0.1) is 0 Å². The lowest BCUT2D eigenvalue weighted by Crippen LogP contribution is -2.40. The van der Waals surface area contributed by atoms with E-state index in [1.807, 2.05) is 66.9 Å². The van der Waals surface area contributed by atoms with Crippen molar-refractivity contribution in [3.63, 3.8) is 0 Å². The third kappa shape index (κ3) is 4.67. The fourth-order valence-corrected chi connectivity index (χ4v) is 3.97. The minimum absolute atomic E-state index is 0.0993. The number of para-hydroxylation sites is 1. The first-order valence-electron chi connectivity index (χ1n) is 11.2. The van der Waals surface area contributed by atoms with Crippen LogP contribution in [0.2, 0.25) is 0 Å². The van der Waals surface area contributed by atoms with Crippen LogP contribution in [0, 0.1) is 0 Å². The summed E-state index contributed by atoms with van der Waals surface area (Å²) in [7, 11) is 0. The van der Waals surface area contributed by atoms with E-state index in [0.29, 0.717) is 24.3 Å². The number of carbonyl (C=O) groups is 1. The van der Waals surface area contributed by atoms with Gasteiger partial charge in [0.15, 0.2) is 5.65 Å². The zero-order chi connectivity index (χ0) is 24.2. The van der Waals surface area contributed by atoms with Crippen LogP contribution in [0.15, 0.2) is 91.8 Å². The molecule has 1 amide bonds. The molecule has 0 saturated carbocycles. The summed E-state index contributed by atoms with van der Waals surface area (Å²) in [6, 6.07) is 19.3. The van der Waals surface area contributed by atoms with E-state index in [4.69, 9.17) is 10.5 Å². The van der Waals surface area contributed by atoms with Crippen LogP contribution in [0.1, 0.15) is 12.5 Å². The Balaban J connectivity index is 1.34. The maximum atomic E-state index is 12.4. The Bertz CT molecular complexity index is 1460. The van der Waals surface area contributed by atoms with Crippen molar-refractivity contribution in [3.8, 4) is 22.6 Å². The summed E-state index contributed by atoms with van der Waals surface area (Å²) in [4.78, 5) is 25.2. The summed E-state index contributed by atoms with van der Waals surface area (Å²) < 4.78 is 7.63. The Labute approximate surface area is 202 Å². The monoisotopic (exact) mass is 464 g/mol. The minimum atomic E-state index is -0.0993. The molecular weight excluding hydrogens is 440 g/mol. The third-order valence-electron chi connectivity index (χ3n) is 5.76. The quantitative estimate of drug-likeness (QED) is 0.378. The average molecular weight is 465 g/mol. The zero-order valence-electron chi connectivity index (χ0n) is 19.2. The molecule has 2 N–H and O–H groups in total. The Morgan fingerprint density at radius 1 is 0.971 bits per heavy atom. The highest BCUT2D eigenvalue weighted by Gasteiger charge is 2.16. The first kappa shape index (κ1) is 22.1. The highest BCUT2D eigenvalue weighted by molar-refractivity contribution is 5.86. The molecule has 0 aliphatic carbocycles. The number of anilines is 1. The average Bonchev–Trinajstić information content (AvgIpc) is 3.30. The maximum absolute atomic E-state index is 12.4. The molecule has 3 aromatic heterocycles. The van der Waals surface area contributed by atoms with Gasteiger partial charge in [0.25, 0.3) is 0 Å². The number of nitrogens with two attached hydrogens (primary N) is 1. The summed E-state index contributed by atoms with van der Waals surface area (Å²) in [6.07, 6.45) is 9.05. The molecule has 35 heavy (non-hydrogen) atoms. The van der Waals surface area contributed by atoms with Gasteiger partial charge in [-0.25, -0.2) is 19.7 Å². The molecule has 3 heterocycles. The van der Waals surface area contributed by atoms with Crippen molar-refractivity contribution >= 4 is 22.6 Å². The van der Waals surface area contributed by atoms with Gasteiger partial charge in [0.05, 0.1) is 0 Å². The molecular formula is C27H24N6O2. The van der Waals surface area contributed by atoms with E-state index < -0.39 is 0 Å². The van der Waals surface area contributed by atoms with Crippen LogP contribution in [0.3, 0.4) is 0 Å². The van der Waals surface area contributed by atoms with Crippen LogP contribution in [0.25, 0.3) is 22.2 Å². The second-order valence-electron chi connectivity index (χ2n) is 8.05. The number of carbonyl (C=O) groups excluding carboxylic acids is 1. The lowest BCUT2D eigenvalue weighted by atomic mass is 10.0. The zero-order valence-corrected chi connectivity index (χ0v) is 19.2. The minimum Gasteiger partial charge on any atom is -0.457 e. The van der Waals surface area contributed by atoms with Gasteiger partial charge in [-0.2, -0.15) is 0 Å². The third-order valence-corrected chi connectivity index (χ3v) is 5.76. The van der Waals surface area contributed by atoms with E-state index >= 15 is 0 Å². The summed E-state index contributed by atoms with van der Waals surface area (Å²) in [6.45, 7) is 1.95. The molecule has 0 spiro atoms. The summed E-state index contributed by atoms with van der Waals surface area (Å²) in [5, 5.41) is 2.50. The number of nitrogen functional groups attached to an aromatic ring is 1. The maximum Gasteiger partial charge on any atom is 0.238 e. The number of hydrogen-bond acceptors (Lipinski definition) is 6. The molecule has 0 radical (unpaired) electrons. The standard InChI is InChI=1S/C27H24N6O2/c1-19(34)32(33-14-12-22-16-30-18-31-27(22)33)13-11-21-15-29-17-25(26(21)28)20-7-9-24(10-8-20)35-23-5-3-2-4-6-23/h2-10,12,14-18H,11,13H2,1H3,(H2,28,29). The van der Waals surface area contributed by atoms with Crippen LogP contribution in [0.4, 0.5) is 5.69 Å². The van der Waals surface area contributed by atoms with Crippen molar-refractivity contribution in [2.75, 3.05) is 17.3 Å². The Kier molecular flexibility index (Phi) is 6.09. The topological polar surface area (TPSA) is 99.2 Å². The van der Waals surface area contributed by atoms with Gasteiger partial charge >= 0.3 is 0 Å². The van der Waals surface area contributed by atoms with Crippen molar-refractivity contribution in [3.05, 3.63) is 97.3 Å². The molecule has 174 valence electrons. The van der Waals surface area contributed by atoms with Crippen LogP contribution in [0.5, 0.6) is 11.5 Å². The first-order chi connectivity index (χ1) is 17.1. The lowest BCUT2D eigenvalue weighted by molar-refractivity contribution is -0.118. The van der Waals surface area contributed by atoms with E-state index in [1.165, 1.54) is 13.3 Å². The van der Waals surface area contributed by atoms with Gasteiger partial charge in [-0.05, 0) is 47.9 Å². The normalized spacial score (nSPS) is 10.9. The van der Waals surface area contributed by atoms with Crippen LogP contribution in [-0.4, -0.2) is 32.1 Å². The molecule has 0 bridgehead atoms. The molecule has 8 nitrogen and oxygen atoms in total. The molecule has 0 unspecified atom stereocenters. The van der Waals surface area contributed by atoms with Crippen LogP contribution < -0.4 is 15.5 Å². The number of pyridine rings is 1. The predicted molar refractivity (Wildman–Crippen MR) is 136 cm³/mol. The van der Waals surface area contributed by atoms with Gasteiger partial charge in [0.1, 0.15) is 17.8 Å². The van der Waals surface area contributed by atoms with E-state index in [2.05, 4.69) is 15.0 Å². The summed E-state index contributed by atoms with van der Waals surface area (Å²) in [5.74, 6) is 1.42. The van der Waals surface area contributed by atoms with Crippen molar-refractivity contribution in [2.24, 2.45) is 0 Å². The van der Waals surface area contributed by atoms with Crippen molar-refractivity contribution in [1.29, 1.82) is 0 Å². The van der Waals surface area contributed by atoms with E-state index in [-0.39, 0.29) is 5.91 Å². The summed E-state index contributed by atoms with van der Waals surface area (Å²) in [5.41, 5.74) is 10.5. The predicted octanol–water partition coefficient (Wildman–Crippen LogP) is 4.60. The summed E-state index contributed by atoms with van der Waals surface area (Å²) >= 11 is 0. The highest BCUT2D eigenvalue weighted by atomic mass is 16.5. The molecule has 0 fully saturated rings. The molecule has 2 aromatic carbocycles. The Morgan fingerprint density at radius 2 is 1.74 bits per heavy atom. The number of ether oxygens (including phenoxy) is 1. The van der Waals surface area contributed by atoms with Crippen LogP contribution in [-0.2, 0) is 11.2 Å². The second kappa shape index (κ2) is 9.64. The largest absolute Gasteiger partial charge is 0.457 e. The van der Waals surface area contributed by atoms with Gasteiger partial charge in [-0.1, -0.05) is 30.3 Å². The molecule has 0 atom stereocenters. The highest BCUT2D eigenvalue weighted by Crippen LogP contribution is 2.30. The number of aromatic nitrogens is 4. The smallest absolute Gasteiger partial charge is 0.238 e. The van der Waals surface area contributed by atoms with E-state index in [9.17, 15) is 4.79 Å². The second-order valence-corrected chi connectivity index (χ2v) is 8.05. The van der Waals surface area contributed by atoms with E-state index in [1.54, 1.807) is 28.3 Å². The van der Waals surface area contributed by atoms with Gasteiger partial charge in [0, 0.05) is 54.9 Å². The Hall–Kier alpha value is -4.72.